The fourth-order valence-corrected chi connectivity index (χ4v) is 3.54. The maximum absolute atomic E-state index is 12.6. The fraction of sp³-hybridized carbons (Fsp3) is 0.273. The zero-order valence-electron chi connectivity index (χ0n) is 17.5. The normalized spacial score (nSPS) is 11.6. The molecule has 0 saturated carbocycles. The van der Waals surface area contributed by atoms with Crippen LogP contribution >= 0.6 is 23.4 Å². The van der Waals surface area contributed by atoms with Crippen LogP contribution in [-0.4, -0.2) is 41.5 Å². The lowest BCUT2D eigenvalue weighted by Crippen LogP contribution is -2.32. The number of ether oxygens (including phenoxy) is 2. The number of hydrogen-bond acceptors (Lipinski definition) is 8. The largest absolute Gasteiger partial charge is 0.497 e. The Morgan fingerprint density at radius 2 is 1.97 bits per heavy atom. The van der Waals surface area contributed by atoms with Crippen LogP contribution in [0.2, 0.25) is 5.02 Å². The summed E-state index contributed by atoms with van der Waals surface area (Å²) in [5, 5.41) is 11.7. The number of thioether (sulfide) groups is 1. The van der Waals surface area contributed by atoms with Gasteiger partial charge in [0.05, 0.1) is 31.9 Å². The predicted molar refractivity (Wildman–Crippen MR) is 121 cm³/mol. The third-order valence-corrected chi connectivity index (χ3v) is 5.40. The van der Waals surface area contributed by atoms with Crippen molar-refractivity contribution in [2.75, 3.05) is 19.5 Å². The summed E-state index contributed by atoms with van der Waals surface area (Å²) in [5.41, 5.74) is 1.46. The number of nitrogens with zero attached hydrogens (tertiary/aromatic N) is 2. The van der Waals surface area contributed by atoms with Crippen LogP contribution in [0.25, 0.3) is 11.5 Å². The summed E-state index contributed by atoms with van der Waals surface area (Å²) in [6.45, 7) is 2.00. The van der Waals surface area contributed by atoms with Gasteiger partial charge in [0.2, 0.25) is 11.8 Å². The summed E-state index contributed by atoms with van der Waals surface area (Å²) in [6.07, 6.45) is -0.00130. The number of carbonyl (C=O) groups excluding carboxylic acids is 2. The van der Waals surface area contributed by atoms with Gasteiger partial charge in [-0.05, 0) is 48.9 Å². The molecule has 8 nitrogen and oxygen atoms in total. The second-order valence-electron chi connectivity index (χ2n) is 6.57. The van der Waals surface area contributed by atoms with E-state index in [1.165, 1.54) is 0 Å². The molecule has 0 saturated heterocycles. The molecule has 1 unspecified atom stereocenters. The third-order valence-electron chi connectivity index (χ3n) is 4.33. The molecular weight excluding hydrogens is 454 g/mol. The molecule has 1 amide bonds. The first-order valence-corrected chi connectivity index (χ1v) is 11.2. The molecule has 3 rings (SSSR count). The van der Waals surface area contributed by atoms with E-state index in [0.717, 1.165) is 22.9 Å². The van der Waals surface area contributed by atoms with Crippen LogP contribution in [0.5, 0.6) is 5.75 Å². The molecule has 1 heterocycles. The Bertz CT molecular complexity index is 1060. The molecule has 3 aromatic rings. The van der Waals surface area contributed by atoms with Crippen molar-refractivity contribution < 1.29 is 23.5 Å². The van der Waals surface area contributed by atoms with E-state index >= 15 is 0 Å². The molecule has 1 atom stereocenters. The van der Waals surface area contributed by atoms with Gasteiger partial charge in [-0.25, -0.2) is 0 Å². The van der Waals surface area contributed by atoms with Gasteiger partial charge in [0.25, 0.3) is 5.22 Å². The molecule has 0 aliphatic rings. The summed E-state index contributed by atoms with van der Waals surface area (Å²) in [5.74, 6) is 0.295. The summed E-state index contributed by atoms with van der Waals surface area (Å²) in [6, 6.07) is 13.6. The average Bonchev–Trinajstić information content (AvgIpc) is 3.27. The van der Waals surface area contributed by atoms with Gasteiger partial charge in [-0.1, -0.05) is 35.5 Å². The van der Waals surface area contributed by atoms with Crippen LogP contribution in [0.1, 0.15) is 24.9 Å². The maximum atomic E-state index is 12.6. The minimum Gasteiger partial charge on any atom is -0.497 e. The van der Waals surface area contributed by atoms with Crippen molar-refractivity contribution in [2.45, 2.75) is 24.6 Å². The van der Waals surface area contributed by atoms with E-state index in [2.05, 4.69) is 15.5 Å². The van der Waals surface area contributed by atoms with E-state index < -0.39 is 12.0 Å². The fourth-order valence-electron chi connectivity index (χ4n) is 2.84. The van der Waals surface area contributed by atoms with Gasteiger partial charge in [0, 0.05) is 10.6 Å². The number of aromatic nitrogens is 2. The van der Waals surface area contributed by atoms with Crippen molar-refractivity contribution in [2.24, 2.45) is 0 Å². The standard InChI is InChI=1S/C22H22ClN3O5S/c1-3-30-20(28)12-18(15-5-4-6-17(11-15)29-2)24-19(27)13-32-22-26-25-21(31-22)14-7-9-16(23)10-8-14/h4-11,18H,3,12-13H2,1-2H3,(H,24,27). The van der Waals surface area contributed by atoms with Crippen LogP contribution in [0, 0.1) is 0 Å². The number of carbonyl (C=O) groups is 2. The molecule has 0 fully saturated rings. The molecule has 0 bridgehead atoms. The Hall–Kier alpha value is -3.04. The van der Waals surface area contributed by atoms with E-state index in [1.807, 2.05) is 6.07 Å². The van der Waals surface area contributed by atoms with E-state index in [4.69, 9.17) is 25.5 Å². The molecule has 2 aromatic carbocycles. The molecular formula is C22H22ClN3O5S. The van der Waals surface area contributed by atoms with Gasteiger partial charge in [-0.3, -0.25) is 9.59 Å². The number of amides is 1. The lowest BCUT2D eigenvalue weighted by atomic mass is 10.0. The number of rotatable bonds is 10. The molecule has 32 heavy (non-hydrogen) atoms. The second kappa shape index (κ2) is 11.5. The summed E-state index contributed by atoms with van der Waals surface area (Å²) < 4.78 is 15.9. The lowest BCUT2D eigenvalue weighted by Gasteiger charge is -2.19. The second-order valence-corrected chi connectivity index (χ2v) is 7.94. The molecule has 1 N–H and O–H groups in total. The Morgan fingerprint density at radius 1 is 1.19 bits per heavy atom. The highest BCUT2D eigenvalue weighted by molar-refractivity contribution is 7.99. The Balaban J connectivity index is 1.63. The van der Waals surface area contributed by atoms with Crippen LogP contribution in [0.3, 0.4) is 0 Å². The molecule has 0 radical (unpaired) electrons. The van der Waals surface area contributed by atoms with Crippen molar-refractivity contribution in [1.29, 1.82) is 0 Å². The first kappa shape index (κ1) is 23.6. The number of esters is 1. The van der Waals surface area contributed by atoms with Crippen molar-refractivity contribution in [3.05, 3.63) is 59.1 Å². The van der Waals surface area contributed by atoms with Crippen LogP contribution in [0.4, 0.5) is 0 Å². The average molecular weight is 476 g/mol. The van der Waals surface area contributed by atoms with Gasteiger partial charge in [0.15, 0.2) is 0 Å². The summed E-state index contributed by atoms with van der Waals surface area (Å²) in [4.78, 5) is 24.6. The highest BCUT2D eigenvalue weighted by Crippen LogP contribution is 2.25. The van der Waals surface area contributed by atoms with Crippen LogP contribution < -0.4 is 10.1 Å². The monoisotopic (exact) mass is 475 g/mol. The Morgan fingerprint density at radius 3 is 2.69 bits per heavy atom. The Labute approximate surface area is 194 Å². The van der Waals surface area contributed by atoms with Crippen LogP contribution in [0.15, 0.2) is 58.2 Å². The predicted octanol–water partition coefficient (Wildman–Crippen LogP) is 4.30. The minimum atomic E-state index is -0.565. The van der Waals surface area contributed by atoms with E-state index in [1.54, 1.807) is 56.5 Å². The minimum absolute atomic E-state index is 0.00130. The SMILES string of the molecule is CCOC(=O)CC(NC(=O)CSc1nnc(-c2ccc(Cl)cc2)o1)c1cccc(OC)c1. The van der Waals surface area contributed by atoms with Crippen molar-refractivity contribution in [3.8, 4) is 17.2 Å². The first-order chi connectivity index (χ1) is 15.5. The van der Waals surface area contributed by atoms with Crippen LogP contribution in [-0.2, 0) is 14.3 Å². The number of nitrogens with one attached hydrogen (secondary N) is 1. The molecule has 168 valence electrons. The number of halogens is 1. The molecule has 1 aromatic heterocycles. The zero-order valence-corrected chi connectivity index (χ0v) is 19.1. The lowest BCUT2D eigenvalue weighted by molar-refractivity contribution is -0.143. The van der Waals surface area contributed by atoms with E-state index in [9.17, 15) is 9.59 Å². The quantitative estimate of drug-likeness (QED) is 0.342. The highest BCUT2D eigenvalue weighted by Gasteiger charge is 2.21. The van der Waals surface area contributed by atoms with E-state index in [-0.39, 0.29) is 29.9 Å². The topological polar surface area (TPSA) is 104 Å². The maximum Gasteiger partial charge on any atom is 0.308 e. The highest BCUT2D eigenvalue weighted by atomic mass is 35.5. The Kier molecular flexibility index (Phi) is 8.52. The van der Waals surface area contributed by atoms with Gasteiger partial charge >= 0.3 is 5.97 Å². The molecule has 0 spiro atoms. The summed E-state index contributed by atoms with van der Waals surface area (Å²) in [7, 11) is 1.55. The number of hydrogen-bond donors (Lipinski definition) is 1. The number of methoxy groups -OCH3 is 1. The molecule has 0 aliphatic carbocycles. The van der Waals surface area contributed by atoms with Crippen molar-refractivity contribution in [3.63, 3.8) is 0 Å². The van der Waals surface area contributed by atoms with Gasteiger partial charge < -0.3 is 19.2 Å². The zero-order chi connectivity index (χ0) is 22.9. The summed E-state index contributed by atoms with van der Waals surface area (Å²) >= 11 is 6.99. The van der Waals surface area contributed by atoms with Gasteiger partial charge in [0.1, 0.15) is 5.75 Å². The number of benzene rings is 2. The van der Waals surface area contributed by atoms with Gasteiger partial charge in [-0.15, -0.1) is 10.2 Å². The van der Waals surface area contributed by atoms with Crippen molar-refractivity contribution >= 4 is 35.2 Å². The molecule has 0 aliphatic heterocycles. The first-order valence-electron chi connectivity index (χ1n) is 9.79. The van der Waals surface area contributed by atoms with Gasteiger partial charge in [-0.2, -0.15) is 0 Å². The molecule has 10 heteroatoms. The van der Waals surface area contributed by atoms with E-state index in [0.29, 0.717) is 16.7 Å². The smallest absolute Gasteiger partial charge is 0.308 e. The van der Waals surface area contributed by atoms with Crippen molar-refractivity contribution in [1.82, 2.24) is 15.5 Å². The third kappa shape index (κ3) is 6.73.